The fourth-order valence-corrected chi connectivity index (χ4v) is 2.44. The van der Waals surface area contributed by atoms with Gasteiger partial charge in [-0.15, -0.1) is 0 Å². The Kier molecular flexibility index (Phi) is 2.91. The average Bonchev–Trinajstić information content (AvgIpc) is 2.42. The molecule has 20 heavy (non-hydrogen) atoms. The van der Waals surface area contributed by atoms with Crippen LogP contribution in [0.4, 0.5) is 13.2 Å². The van der Waals surface area contributed by atoms with Gasteiger partial charge in [0.25, 0.3) is 0 Å². The van der Waals surface area contributed by atoms with Crippen LogP contribution in [0.15, 0.2) is 54.6 Å². The van der Waals surface area contributed by atoms with Gasteiger partial charge < -0.3 is 5.73 Å². The summed E-state index contributed by atoms with van der Waals surface area (Å²) in [5.41, 5.74) is 5.47. The number of rotatable bonds is 1. The van der Waals surface area contributed by atoms with Gasteiger partial charge in [-0.25, -0.2) is 0 Å². The van der Waals surface area contributed by atoms with E-state index in [2.05, 4.69) is 0 Å². The fourth-order valence-electron chi connectivity index (χ4n) is 2.44. The first-order chi connectivity index (χ1) is 9.47. The Labute approximate surface area is 113 Å². The van der Waals surface area contributed by atoms with Crippen molar-refractivity contribution >= 4 is 21.5 Å². The lowest BCUT2D eigenvalue weighted by molar-refractivity contribution is -0.148. The van der Waals surface area contributed by atoms with Gasteiger partial charge in [-0.05, 0) is 39.2 Å². The minimum atomic E-state index is -4.44. The maximum Gasteiger partial charge on any atom is 0.407 e. The van der Waals surface area contributed by atoms with Gasteiger partial charge in [-0.2, -0.15) is 13.2 Å². The summed E-state index contributed by atoms with van der Waals surface area (Å²) in [7, 11) is 0. The molecule has 3 aromatic rings. The number of alkyl halides is 3. The van der Waals surface area contributed by atoms with Crippen molar-refractivity contribution in [3.8, 4) is 0 Å². The van der Waals surface area contributed by atoms with Crippen LogP contribution in [-0.2, 0) is 0 Å². The van der Waals surface area contributed by atoms with Crippen LogP contribution in [0, 0.1) is 0 Å². The summed E-state index contributed by atoms with van der Waals surface area (Å²) >= 11 is 0. The fraction of sp³-hybridized carbons (Fsp3) is 0.125. The van der Waals surface area contributed by atoms with Gasteiger partial charge in [0, 0.05) is 0 Å². The summed E-state index contributed by atoms with van der Waals surface area (Å²) in [6.45, 7) is 0. The first kappa shape index (κ1) is 12.9. The maximum atomic E-state index is 12.9. The Morgan fingerprint density at radius 3 is 2.05 bits per heavy atom. The van der Waals surface area contributed by atoms with E-state index in [9.17, 15) is 13.2 Å². The van der Waals surface area contributed by atoms with Crippen molar-refractivity contribution in [3.63, 3.8) is 0 Å². The van der Waals surface area contributed by atoms with E-state index in [1.54, 1.807) is 18.2 Å². The van der Waals surface area contributed by atoms with Gasteiger partial charge in [-0.3, -0.25) is 0 Å². The molecular weight excluding hydrogens is 263 g/mol. The third kappa shape index (κ3) is 2.12. The first-order valence-corrected chi connectivity index (χ1v) is 6.20. The summed E-state index contributed by atoms with van der Waals surface area (Å²) in [4.78, 5) is 0. The Bertz CT molecular complexity index is 777. The molecule has 0 aromatic heterocycles. The Morgan fingerprint density at radius 1 is 0.800 bits per heavy atom. The Morgan fingerprint density at radius 2 is 1.40 bits per heavy atom. The molecule has 0 amide bonds. The third-order valence-corrected chi connectivity index (χ3v) is 3.47. The second-order valence-corrected chi connectivity index (χ2v) is 4.79. The van der Waals surface area contributed by atoms with Crippen LogP contribution in [0.2, 0.25) is 0 Å². The summed E-state index contributed by atoms with van der Waals surface area (Å²) in [5, 5.41) is 3.22. The lowest BCUT2D eigenvalue weighted by atomic mass is 9.96. The van der Waals surface area contributed by atoms with Crippen molar-refractivity contribution in [2.75, 3.05) is 0 Å². The highest BCUT2D eigenvalue weighted by Crippen LogP contribution is 2.35. The molecule has 0 aliphatic carbocycles. The molecule has 1 unspecified atom stereocenters. The molecule has 0 fully saturated rings. The van der Waals surface area contributed by atoms with Gasteiger partial charge in [-0.1, -0.05) is 42.5 Å². The minimum absolute atomic E-state index is 0.112. The van der Waals surface area contributed by atoms with Crippen molar-refractivity contribution in [2.45, 2.75) is 12.2 Å². The van der Waals surface area contributed by atoms with Crippen LogP contribution in [-0.4, -0.2) is 6.18 Å². The monoisotopic (exact) mass is 275 g/mol. The molecule has 0 aliphatic heterocycles. The molecule has 2 N–H and O–H groups in total. The van der Waals surface area contributed by atoms with Crippen LogP contribution in [0.3, 0.4) is 0 Å². The van der Waals surface area contributed by atoms with Gasteiger partial charge in [0.05, 0.1) is 0 Å². The van der Waals surface area contributed by atoms with Crippen molar-refractivity contribution in [1.29, 1.82) is 0 Å². The van der Waals surface area contributed by atoms with E-state index >= 15 is 0 Å². The molecule has 0 aliphatic rings. The lowest BCUT2D eigenvalue weighted by Gasteiger charge is -2.18. The van der Waals surface area contributed by atoms with Crippen LogP contribution >= 0.6 is 0 Å². The molecule has 4 heteroatoms. The number of benzene rings is 3. The van der Waals surface area contributed by atoms with Crippen molar-refractivity contribution in [3.05, 3.63) is 60.2 Å². The molecule has 0 radical (unpaired) electrons. The average molecular weight is 275 g/mol. The molecule has 3 rings (SSSR count). The van der Waals surface area contributed by atoms with Gasteiger partial charge in [0.15, 0.2) is 0 Å². The molecule has 3 aromatic carbocycles. The maximum absolute atomic E-state index is 12.9. The summed E-state index contributed by atoms with van der Waals surface area (Å²) in [6.07, 6.45) is -4.44. The normalized spacial score (nSPS) is 13.8. The highest BCUT2D eigenvalue weighted by atomic mass is 19.4. The molecule has 1 nitrogen and oxygen atoms in total. The van der Waals surface area contributed by atoms with E-state index in [4.69, 9.17) is 5.73 Å². The van der Waals surface area contributed by atoms with E-state index in [1.807, 2.05) is 30.3 Å². The van der Waals surface area contributed by atoms with Crippen LogP contribution < -0.4 is 5.73 Å². The van der Waals surface area contributed by atoms with Crippen molar-refractivity contribution < 1.29 is 13.2 Å². The summed E-state index contributed by atoms with van der Waals surface area (Å²) < 4.78 is 38.6. The third-order valence-electron chi connectivity index (χ3n) is 3.47. The highest BCUT2D eigenvalue weighted by molar-refractivity contribution is 5.99. The first-order valence-electron chi connectivity index (χ1n) is 6.20. The van der Waals surface area contributed by atoms with E-state index in [-0.39, 0.29) is 5.56 Å². The van der Waals surface area contributed by atoms with Crippen molar-refractivity contribution in [1.82, 2.24) is 0 Å². The second kappa shape index (κ2) is 4.49. The van der Waals surface area contributed by atoms with E-state index in [1.165, 1.54) is 6.07 Å². The zero-order chi connectivity index (χ0) is 14.3. The van der Waals surface area contributed by atoms with Gasteiger partial charge >= 0.3 is 6.18 Å². The van der Waals surface area contributed by atoms with E-state index < -0.39 is 12.2 Å². The lowest BCUT2D eigenvalue weighted by Crippen LogP contribution is -2.28. The molecule has 0 saturated carbocycles. The topological polar surface area (TPSA) is 26.0 Å². The molecule has 1 atom stereocenters. The molecule has 0 saturated heterocycles. The number of nitrogens with two attached hydrogens (primary N) is 1. The predicted molar refractivity (Wildman–Crippen MR) is 74.4 cm³/mol. The summed E-state index contributed by atoms with van der Waals surface area (Å²) in [5.74, 6) is 0. The molecular formula is C16H12F3N. The number of halogens is 3. The highest BCUT2D eigenvalue weighted by Gasteiger charge is 2.38. The number of fused-ring (bicyclic) bond motifs is 2. The predicted octanol–water partition coefficient (Wildman–Crippen LogP) is 4.56. The quantitative estimate of drug-likeness (QED) is 0.647. The number of hydrogen-bond acceptors (Lipinski definition) is 1. The zero-order valence-corrected chi connectivity index (χ0v) is 10.5. The second-order valence-electron chi connectivity index (χ2n) is 4.79. The molecule has 0 spiro atoms. The standard InChI is InChI=1S/C16H12F3N/c17-16(18,19)15(20)13-7-3-6-12-8-10-4-1-2-5-11(10)9-14(12)13/h1-9,15H,20H2. The molecule has 102 valence electrons. The SMILES string of the molecule is NC(c1cccc2cc3ccccc3cc12)C(F)(F)F. The van der Waals surface area contributed by atoms with Crippen molar-refractivity contribution in [2.24, 2.45) is 5.73 Å². The van der Waals surface area contributed by atoms with Crippen LogP contribution in [0.25, 0.3) is 21.5 Å². The molecule has 0 bridgehead atoms. The zero-order valence-electron chi connectivity index (χ0n) is 10.5. The number of hydrogen-bond donors (Lipinski definition) is 1. The Hall–Kier alpha value is -2.07. The largest absolute Gasteiger partial charge is 0.407 e. The van der Waals surface area contributed by atoms with Crippen LogP contribution in [0.5, 0.6) is 0 Å². The Balaban J connectivity index is 2.31. The van der Waals surface area contributed by atoms with Gasteiger partial charge in [0.2, 0.25) is 0 Å². The van der Waals surface area contributed by atoms with E-state index in [0.29, 0.717) is 5.39 Å². The summed E-state index contributed by atoms with van der Waals surface area (Å²) in [6, 6.07) is 14.1. The molecule has 0 heterocycles. The van der Waals surface area contributed by atoms with E-state index in [0.717, 1.165) is 16.2 Å². The van der Waals surface area contributed by atoms with Gasteiger partial charge in [0.1, 0.15) is 6.04 Å². The smallest absolute Gasteiger partial charge is 0.316 e. The minimum Gasteiger partial charge on any atom is -0.316 e. The van der Waals surface area contributed by atoms with Crippen LogP contribution in [0.1, 0.15) is 11.6 Å².